The van der Waals surface area contributed by atoms with E-state index >= 15 is 0 Å². The van der Waals surface area contributed by atoms with Crippen LogP contribution in [0, 0.1) is 11.6 Å². The quantitative estimate of drug-likeness (QED) is 0.782. The highest BCUT2D eigenvalue weighted by Crippen LogP contribution is 2.22. The fourth-order valence-electron chi connectivity index (χ4n) is 3.12. The van der Waals surface area contributed by atoms with Crippen molar-refractivity contribution in [1.82, 2.24) is 0 Å². The van der Waals surface area contributed by atoms with Crippen LogP contribution in [0.25, 0.3) is 0 Å². The van der Waals surface area contributed by atoms with E-state index in [4.69, 9.17) is 4.74 Å². The van der Waals surface area contributed by atoms with E-state index in [1.54, 1.807) is 12.1 Å². The van der Waals surface area contributed by atoms with Gasteiger partial charge in [0.2, 0.25) is 0 Å². The average Bonchev–Trinajstić information content (AvgIpc) is 2.69. The van der Waals surface area contributed by atoms with Crippen LogP contribution in [-0.4, -0.2) is 31.1 Å². The Morgan fingerprint density at radius 2 is 1.61 bits per heavy atom. The molecule has 28 heavy (non-hydrogen) atoms. The minimum absolute atomic E-state index is 0.547. The van der Waals surface area contributed by atoms with Crippen molar-refractivity contribution in [2.24, 2.45) is 0 Å². The number of ether oxygens (including phenoxy) is 1. The van der Waals surface area contributed by atoms with Gasteiger partial charge in [0.25, 0.3) is 5.91 Å². The van der Waals surface area contributed by atoms with Crippen LogP contribution in [0.4, 0.5) is 20.2 Å². The van der Waals surface area contributed by atoms with Crippen molar-refractivity contribution in [3.05, 3.63) is 59.7 Å². The van der Waals surface area contributed by atoms with Gasteiger partial charge in [0.1, 0.15) is 17.2 Å². The molecule has 0 saturated carbocycles. The third kappa shape index (κ3) is 4.65. The number of carbonyl (C=O) groups is 2. The molecule has 2 aromatic carbocycles. The van der Waals surface area contributed by atoms with Gasteiger partial charge in [-0.2, -0.15) is 0 Å². The van der Waals surface area contributed by atoms with E-state index < -0.39 is 35.2 Å². The van der Waals surface area contributed by atoms with E-state index in [2.05, 4.69) is 10.2 Å². The van der Waals surface area contributed by atoms with Gasteiger partial charge < -0.3 is 15.0 Å². The molecule has 5 nitrogen and oxygen atoms in total. The molecule has 0 radical (unpaired) electrons. The van der Waals surface area contributed by atoms with Crippen molar-refractivity contribution in [2.45, 2.75) is 32.3 Å². The Labute approximate surface area is 162 Å². The molecular formula is C21H22F2N2O3. The molecule has 1 saturated heterocycles. The number of nitrogens with one attached hydrogen (secondary N) is 1. The molecule has 1 atom stereocenters. The molecule has 1 heterocycles. The van der Waals surface area contributed by atoms with E-state index in [0.29, 0.717) is 5.69 Å². The van der Waals surface area contributed by atoms with Gasteiger partial charge in [-0.1, -0.05) is 6.07 Å². The van der Waals surface area contributed by atoms with Crippen LogP contribution in [0.3, 0.4) is 0 Å². The lowest BCUT2D eigenvalue weighted by Crippen LogP contribution is -2.31. The number of anilines is 2. The minimum Gasteiger partial charge on any atom is -0.449 e. The zero-order chi connectivity index (χ0) is 20.1. The molecule has 1 N–H and O–H groups in total. The maximum absolute atomic E-state index is 13.6. The highest BCUT2D eigenvalue weighted by atomic mass is 19.1. The van der Waals surface area contributed by atoms with Crippen LogP contribution in [0.15, 0.2) is 42.5 Å². The lowest BCUT2D eigenvalue weighted by Gasteiger charge is -2.28. The number of nitrogens with zero attached hydrogens (tertiary/aromatic N) is 1. The smallest absolute Gasteiger partial charge is 0.344 e. The van der Waals surface area contributed by atoms with Crippen molar-refractivity contribution >= 4 is 23.3 Å². The second kappa shape index (κ2) is 8.82. The van der Waals surface area contributed by atoms with Gasteiger partial charge in [-0.15, -0.1) is 0 Å². The Balaban J connectivity index is 1.58. The number of piperidine rings is 1. The maximum Gasteiger partial charge on any atom is 0.344 e. The number of rotatable bonds is 5. The van der Waals surface area contributed by atoms with Crippen LogP contribution in [0.5, 0.6) is 0 Å². The summed E-state index contributed by atoms with van der Waals surface area (Å²) in [6.07, 6.45) is 2.37. The number of carbonyl (C=O) groups excluding carboxylic acids is 2. The Hall–Kier alpha value is -2.96. The first kappa shape index (κ1) is 19.8. The van der Waals surface area contributed by atoms with Crippen molar-refractivity contribution < 1.29 is 23.1 Å². The summed E-state index contributed by atoms with van der Waals surface area (Å²) in [5, 5.41) is 2.64. The normalized spacial score (nSPS) is 15.0. The summed E-state index contributed by atoms with van der Waals surface area (Å²) in [7, 11) is 0. The molecule has 7 heteroatoms. The summed E-state index contributed by atoms with van der Waals surface area (Å²) in [6.45, 7) is 3.38. The first-order valence-corrected chi connectivity index (χ1v) is 9.26. The van der Waals surface area contributed by atoms with Gasteiger partial charge in [0.15, 0.2) is 6.10 Å². The van der Waals surface area contributed by atoms with E-state index in [0.717, 1.165) is 37.0 Å². The Kier molecular flexibility index (Phi) is 6.23. The SMILES string of the molecule is C[C@H](OC(=O)c1c(F)cccc1F)C(=O)Nc1ccc(N2CCCCC2)cc1. The highest BCUT2D eigenvalue weighted by Gasteiger charge is 2.24. The summed E-state index contributed by atoms with van der Waals surface area (Å²) < 4.78 is 32.2. The van der Waals surface area contributed by atoms with Crippen LogP contribution < -0.4 is 10.2 Å². The van der Waals surface area contributed by atoms with E-state index in [1.165, 1.54) is 26.2 Å². The van der Waals surface area contributed by atoms with Gasteiger partial charge in [0.05, 0.1) is 0 Å². The van der Waals surface area contributed by atoms with Gasteiger partial charge in [-0.05, 0) is 62.6 Å². The van der Waals surface area contributed by atoms with Gasteiger partial charge in [0, 0.05) is 24.5 Å². The molecule has 1 aliphatic heterocycles. The average molecular weight is 388 g/mol. The Morgan fingerprint density at radius 3 is 2.21 bits per heavy atom. The van der Waals surface area contributed by atoms with Gasteiger partial charge in [-0.25, -0.2) is 13.6 Å². The molecule has 0 bridgehead atoms. The van der Waals surface area contributed by atoms with Crippen molar-refractivity contribution in [1.29, 1.82) is 0 Å². The second-order valence-corrected chi connectivity index (χ2v) is 6.73. The maximum atomic E-state index is 13.6. The first-order chi connectivity index (χ1) is 13.5. The summed E-state index contributed by atoms with van der Waals surface area (Å²) in [6, 6.07) is 10.4. The lowest BCUT2D eigenvalue weighted by atomic mass is 10.1. The number of hydrogen-bond acceptors (Lipinski definition) is 4. The summed E-state index contributed by atoms with van der Waals surface area (Å²) in [5.74, 6) is -3.88. The minimum atomic E-state index is -1.22. The third-order valence-electron chi connectivity index (χ3n) is 4.68. The first-order valence-electron chi connectivity index (χ1n) is 9.26. The molecule has 0 aromatic heterocycles. The zero-order valence-electron chi connectivity index (χ0n) is 15.6. The van der Waals surface area contributed by atoms with E-state index in [-0.39, 0.29) is 0 Å². The molecule has 0 spiro atoms. The topological polar surface area (TPSA) is 58.6 Å². The molecule has 1 aliphatic rings. The number of amides is 1. The number of esters is 1. The Morgan fingerprint density at radius 1 is 1.00 bits per heavy atom. The summed E-state index contributed by atoms with van der Waals surface area (Å²) >= 11 is 0. The monoisotopic (exact) mass is 388 g/mol. The molecule has 2 aromatic rings. The lowest BCUT2D eigenvalue weighted by molar-refractivity contribution is -0.123. The van der Waals surface area contributed by atoms with Crippen LogP contribution in [0.1, 0.15) is 36.5 Å². The predicted molar refractivity (Wildman–Crippen MR) is 102 cm³/mol. The predicted octanol–water partition coefficient (Wildman–Crippen LogP) is 4.14. The molecule has 1 amide bonds. The largest absolute Gasteiger partial charge is 0.449 e. The molecule has 0 aliphatic carbocycles. The molecular weight excluding hydrogens is 366 g/mol. The van der Waals surface area contributed by atoms with Crippen LogP contribution in [-0.2, 0) is 9.53 Å². The second-order valence-electron chi connectivity index (χ2n) is 6.73. The highest BCUT2D eigenvalue weighted by molar-refractivity contribution is 5.97. The van der Waals surface area contributed by atoms with Crippen molar-refractivity contribution in [3.63, 3.8) is 0 Å². The number of halogens is 2. The van der Waals surface area contributed by atoms with Gasteiger partial charge in [-0.3, -0.25) is 4.79 Å². The fourth-order valence-corrected chi connectivity index (χ4v) is 3.12. The number of hydrogen-bond donors (Lipinski definition) is 1. The standard InChI is InChI=1S/C21H22F2N2O3/c1-14(28-21(27)19-17(22)6-5-7-18(19)23)20(26)24-15-8-10-16(11-9-15)25-12-3-2-4-13-25/h5-11,14H,2-4,12-13H2,1H3,(H,24,26)/t14-/m0/s1. The molecule has 1 fully saturated rings. The van der Waals surface area contributed by atoms with Gasteiger partial charge >= 0.3 is 5.97 Å². The molecule has 3 rings (SSSR count). The molecule has 0 unspecified atom stereocenters. The number of benzene rings is 2. The fraction of sp³-hybridized carbons (Fsp3) is 0.333. The van der Waals surface area contributed by atoms with Crippen molar-refractivity contribution in [3.8, 4) is 0 Å². The third-order valence-corrected chi connectivity index (χ3v) is 4.68. The van der Waals surface area contributed by atoms with E-state index in [1.807, 2.05) is 12.1 Å². The van der Waals surface area contributed by atoms with Crippen LogP contribution in [0.2, 0.25) is 0 Å². The van der Waals surface area contributed by atoms with E-state index in [9.17, 15) is 18.4 Å². The summed E-state index contributed by atoms with van der Waals surface area (Å²) in [4.78, 5) is 26.5. The Bertz CT molecular complexity index is 829. The molecule has 148 valence electrons. The zero-order valence-corrected chi connectivity index (χ0v) is 15.6. The van der Waals surface area contributed by atoms with Crippen LogP contribution >= 0.6 is 0 Å². The van der Waals surface area contributed by atoms with Crippen molar-refractivity contribution in [2.75, 3.05) is 23.3 Å². The summed E-state index contributed by atoms with van der Waals surface area (Å²) in [5.41, 5.74) is 0.825.